The summed E-state index contributed by atoms with van der Waals surface area (Å²) in [5.74, 6) is -1.54. The van der Waals surface area contributed by atoms with Gasteiger partial charge in [-0.05, 0) is 12.8 Å². The minimum Gasteiger partial charge on any atom is -0.481 e. The van der Waals surface area contributed by atoms with Crippen molar-refractivity contribution in [2.75, 3.05) is 19.6 Å². The number of hydrogen-bond acceptors (Lipinski definition) is 3. The Hall–Kier alpha value is -1.59. The fourth-order valence-electron chi connectivity index (χ4n) is 3.04. The molecular formula is C12H16N2O4. The molecule has 6 nitrogen and oxygen atoms in total. The standard InChI is InChI=1S/C12H16N2O4/c15-10-2-1-7-6-13(3-4-14(7)10)11(16)8-5-9(8)12(17)18/h7-9H,1-6H2,(H,17,18). The lowest BCUT2D eigenvalue weighted by molar-refractivity contribution is -0.143. The summed E-state index contributed by atoms with van der Waals surface area (Å²) in [7, 11) is 0. The van der Waals surface area contributed by atoms with Crippen LogP contribution in [0.5, 0.6) is 0 Å². The summed E-state index contributed by atoms with van der Waals surface area (Å²) in [5.41, 5.74) is 0. The van der Waals surface area contributed by atoms with E-state index in [1.54, 1.807) is 4.90 Å². The average molecular weight is 252 g/mol. The molecule has 2 saturated heterocycles. The maximum atomic E-state index is 12.1. The summed E-state index contributed by atoms with van der Waals surface area (Å²) in [6, 6.07) is 0.150. The first-order valence-corrected chi connectivity index (χ1v) is 6.39. The molecule has 18 heavy (non-hydrogen) atoms. The molecule has 3 aliphatic rings. The van der Waals surface area contributed by atoms with E-state index in [2.05, 4.69) is 0 Å². The highest BCUT2D eigenvalue weighted by atomic mass is 16.4. The van der Waals surface area contributed by atoms with E-state index < -0.39 is 11.9 Å². The minimum absolute atomic E-state index is 0.0404. The lowest BCUT2D eigenvalue weighted by Crippen LogP contribution is -2.53. The second-order valence-electron chi connectivity index (χ2n) is 5.35. The molecule has 3 fully saturated rings. The van der Waals surface area contributed by atoms with Crippen molar-refractivity contribution < 1.29 is 19.5 Å². The molecule has 2 amide bonds. The third-order valence-electron chi connectivity index (χ3n) is 4.23. The Labute approximate surface area is 105 Å². The minimum atomic E-state index is -0.872. The maximum Gasteiger partial charge on any atom is 0.307 e. The molecule has 1 N–H and O–H groups in total. The Morgan fingerprint density at radius 2 is 2.00 bits per heavy atom. The van der Waals surface area contributed by atoms with Gasteiger partial charge in [-0.25, -0.2) is 0 Å². The number of nitrogens with zero attached hydrogens (tertiary/aromatic N) is 2. The smallest absolute Gasteiger partial charge is 0.307 e. The zero-order valence-electron chi connectivity index (χ0n) is 10.0. The van der Waals surface area contributed by atoms with Crippen LogP contribution in [0.15, 0.2) is 0 Å². The summed E-state index contributed by atoms with van der Waals surface area (Å²) in [6.07, 6.45) is 1.86. The van der Waals surface area contributed by atoms with E-state index in [4.69, 9.17) is 5.11 Å². The quantitative estimate of drug-likeness (QED) is 0.721. The van der Waals surface area contributed by atoms with Crippen LogP contribution in [-0.4, -0.2) is 58.4 Å². The Morgan fingerprint density at radius 3 is 2.67 bits per heavy atom. The zero-order valence-corrected chi connectivity index (χ0v) is 10.0. The van der Waals surface area contributed by atoms with Crippen molar-refractivity contribution >= 4 is 17.8 Å². The van der Waals surface area contributed by atoms with Gasteiger partial charge in [-0.1, -0.05) is 0 Å². The van der Waals surface area contributed by atoms with Crippen molar-refractivity contribution in [2.24, 2.45) is 11.8 Å². The highest BCUT2D eigenvalue weighted by Crippen LogP contribution is 2.40. The highest BCUT2D eigenvalue weighted by molar-refractivity contribution is 5.89. The van der Waals surface area contributed by atoms with E-state index in [9.17, 15) is 14.4 Å². The van der Waals surface area contributed by atoms with E-state index in [0.717, 1.165) is 6.42 Å². The fraction of sp³-hybridized carbons (Fsp3) is 0.750. The van der Waals surface area contributed by atoms with E-state index >= 15 is 0 Å². The predicted molar refractivity (Wildman–Crippen MR) is 60.5 cm³/mol. The molecule has 0 aromatic rings. The first-order chi connectivity index (χ1) is 8.58. The van der Waals surface area contributed by atoms with Crippen molar-refractivity contribution in [1.29, 1.82) is 0 Å². The maximum absolute atomic E-state index is 12.1. The number of piperazine rings is 1. The van der Waals surface area contributed by atoms with Crippen LogP contribution in [-0.2, 0) is 14.4 Å². The molecule has 0 bridgehead atoms. The van der Waals surface area contributed by atoms with Crippen LogP contribution in [0.1, 0.15) is 19.3 Å². The SMILES string of the molecule is O=C(O)C1CC1C(=O)N1CCN2C(=O)CCC2C1. The van der Waals surface area contributed by atoms with E-state index in [0.29, 0.717) is 32.5 Å². The number of amides is 2. The Kier molecular flexibility index (Phi) is 2.53. The molecule has 6 heteroatoms. The summed E-state index contributed by atoms with van der Waals surface area (Å²) < 4.78 is 0. The van der Waals surface area contributed by atoms with Crippen LogP contribution in [0.4, 0.5) is 0 Å². The number of rotatable bonds is 2. The van der Waals surface area contributed by atoms with Gasteiger partial charge in [0.25, 0.3) is 0 Å². The zero-order chi connectivity index (χ0) is 12.9. The molecule has 2 aliphatic heterocycles. The van der Waals surface area contributed by atoms with Crippen molar-refractivity contribution in [3.63, 3.8) is 0 Å². The molecule has 0 aromatic carbocycles. The van der Waals surface area contributed by atoms with Crippen LogP contribution in [0, 0.1) is 11.8 Å². The number of hydrogen-bond donors (Lipinski definition) is 1. The van der Waals surface area contributed by atoms with Crippen molar-refractivity contribution in [1.82, 2.24) is 9.80 Å². The predicted octanol–water partition coefficient (Wildman–Crippen LogP) is -0.460. The van der Waals surface area contributed by atoms with Crippen LogP contribution in [0.2, 0.25) is 0 Å². The molecule has 2 heterocycles. The molecule has 0 spiro atoms. The molecule has 98 valence electrons. The molecule has 0 aromatic heterocycles. The first kappa shape index (κ1) is 11.5. The van der Waals surface area contributed by atoms with Gasteiger partial charge in [-0.3, -0.25) is 14.4 Å². The first-order valence-electron chi connectivity index (χ1n) is 6.39. The van der Waals surface area contributed by atoms with Crippen LogP contribution >= 0.6 is 0 Å². The Morgan fingerprint density at radius 1 is 1.22 bits per heavy atom. The average Bonchev–Trinajstić information content (AvgIpc) is 3.08. The molecule has 3 rings (SSSR count). The van der Waals surface area contributed by atoms with Gasteiger partial charge in [-0.15, -0.1) is 0 Å². The molecule has 1 saturated carbocycles. The van der Waals surface area contributed by atoms with Crippen molar-refractivity contribution in [2.45, 2.75) is 25.3 Å². The number of carbonyl (C=O) groups is 3. The monoisotopic (exact) mass is 252 g/mol. The second kappa shape index (κ2) is 3.96. The number of carboxylic acids is 1. The summed E-state index contributed by atoms with van der Waals surface area (Å²) >= 11 is 0. The number of aliphatic carboxylic acids is 1. The number of fused-ring (bicyclic) bond motifs is 1. The molecule has 0 radical (unpaired) electrons. The number of carboxylic acid groups (broad SMARTS) is 1. The van der Waals surface area contributed by atoms with Gasteiger partial charge in [-0.2, -0.15) is 0 Å². The number of carbonyl (C=O) groups excluding carboxylic acids is 2. The molecule has 3 unspecified atom stereocenters. The molecule has 3 atom stereocenters. The van der Waals surface area contributed by atoms with Crippen LogP contribution in [0.25, 0.3) is 0 Å². The third-order valence-corrected chi connectivity index (χ3v) is 4.23. The molecular weight excluding hydrogens is 236 g/mol. The van der Waals surface area contributed by atoms with Crippen molar-refractivity contribution in [3.05, 3.63) is 0 Å². The van der Waals surface area contributed by atoms with E-state index in [-0.39, 0.29) is 23.8 Å². The Bertz CT molecular complexity index is 422. The van der Waals surface area contributed by atoms with Gasteiger partial charge in [0, 0.05) is 32.1 Å². The van der Waals surface area contributed by atoms with Crippen LogP contribution < -0.4 is 0 Å². The summed E-state index contributed by atoms with van der Waals surface area (Å²) in [4.78, 5) is 38.0. The highest BCUT2D eigenvalue weighted by Gasteiger charge is 2.51. The lowest BCUT2D eigenvalue weighted by atomic mass is 10.1. The Balaban J connectivity index is 1.60. The molecule has 1 aliphatic carbocycles. The lowest BCUT2D eigenvalue weighted by Gasteiger charge is -2.37. The summed E-state index contributed by atoms with van der Waals surface area (Å²) in [6.45, 7) is 1.72. The van der Waals surface area contributed by atoms with Crippen LogP contribution in [0.3, 0.4) is 0 Å². The third kappa shape index (κ3) is 1.76. The van der Waals surface area contributed by atoms with Gasteiger partial charge in [0.05, 0.1) is 11.8 Å². The topological polar surface area (TPSA) is 77.9 Å². The van der Waals surface area contributed by atoms with Gasteiger partial charge in [0.2, 0.25) is 11.8 Å². The van der Waals surface area contributed by atoms with E-state index in [1.165, 1.54) is 0 Å². The van der Waals surface area contributed by atoms with Gasteiger partial charge in [0.1, 0.15) is 0 Å². The fourth-order valence-corrected chi connectivity index (χ4v) is 3.04. The van der Waals surface area contributed by atoms with Gasteiger partial charge < -0.3 is 14.9 Å². The van der Waals surface area contributed by atoms with Gasteiger partial charge >= 0.3 is 5.97 Å². The van der Waals surface area contributed by atoms with E-state index in [1.807, 2.05) is 4.90 Å². The van der Waals surface area contributed by atoms with Crippen molar-refractivity contribution in [3.8, 4) is 0 Å². The normalized spacial score (nSPS) is 34.4. The second-order valence-corrected chi connectivity index (χ2v) is 5.35. The largest absolute Gasteiger partial charge is 0.481 e. The summed E-state index contributed by atoms with van der Waals surface area (Å²) in [5, 5.41) is 8.83. The van der Waals surface area contributed by atoms with Gasteiger partial charge in [0.15, 0.2) is 0 Å².